The second kappa shape index (κ2) is 6.93. The number of anilines is 1. The number of rotatable bonds is 4. The standard InChI is InChI=1S/C21H22N2O2/c1-13-8-11-18(12-14(13)2)25-16(4)21(24)23-19-7-5-6-17-10-9-15(3)22-20(17)19/h5-12,16H,1-4H3,(H,23,24)/t16-/m1/s1. The number of hydrogen-bond donors (Lipinski definition) is 1. The van der Waals surface area contributed by atoms with E-state index < -0.39 is 6.10 Å². The molecule has 0 aliphatic carbocycles. The van der Waals surface area contributed by atoms with Gasteiger partial charge in [0.05, 0.1) is 11.2 Å². The van der Waals surface area contributed by atoms with Crippen LogP contribution in [0.25, 0.3) is 10.9 Å². The fourth-order valence-electron chi connectivity index (χ4n) is 2.62. The molecule has 1 heterocycles. The van der Waals surface area contributed by atoms with Crippen LogP contribution in [-0.4, -0.2) is 17.0 Å². The van der Waals surface area contributed by atoms with Gasteiger partial charge in [-0.1, -0.05) is 24.3 Å². The molecule has 0 saturated heterocycles. The van der Waals surface area contributed by atoms with Crippen molar-refractivity contribution in [2.45, 2.75) is 33.8 Å². The maximum absolute atomic E-state index is 12.5. The first kappa shape index (κ1) is 17.0. The van der Waals surface area contributed by atoms with Gasteiger partial charge in [-0.25, -0.2) is 0 Å². The first-order valence-corrected chi connectivity index (χ1v) is 8.35. The molecule has 25 heavy (non-hydrogen) atoms. The van der Waals surface area contributed by atoms with Crippen LogP contribution in [0.1, 0.15) is 23.7 Å². The van der Waals surface area contributed by atoms with Gasteiger partial charge in [0.25, 0.3) is 5.91 Å². The van der Waals surface area contributed by atoms with Crippen molar-refractivity contribution in [2.75, 3.05) is 5.32 Å². The van der Waals surface area contributed by atoms with Crippen LogP contribution in [0.3, 0.4) is 0 Å². The summed E-state index contributed by atoms with van der Waals surface area (Å²) in [5, 5.41) is 3.92. The minimum atomic E-state index is -0.609. The van der Waals surface area contributed by atoms with Gasteiger partial charge in [0.2, 0.25) is 0 Å². The molecule has 4 nitrogen and oxygen atoms in total. The fraction of sp³-hybridized carbons (Fsp3) is 0.238. The number of nitrogens with zero attached hydrogens (tertiary/aromatic N) is 1. The highest BCUT2D eigenvalue weighted by molar-refractivity contribution is 6.01. The lowest BCUT2D eigenvalue weighted by atomic mass is 10.1. The van der Waals surface area contributed by atoms with Gasteiger partial charge in [0.1, 0.15) is 5.75 Å². The SMILES string of the molecule is Cc1ccc2cccc(NC(=O)[C@@H](C)Oc3ccc(C)c(C)c3)c2n1. The van der Waals surface area contributed by atoms with Crippen LogP contribution < -0.4 is 10.1 Å². The predicted octanol–water partition coefficient (Wildman–Crippen LogP) is 4.57. The Labute approximate surface area is 147 Å². The Hall–Kier alpha value is -2.88. The molecule has 128 valence electrons. The van der Waals surface area contributed by atoms with Gasteiger partial charge in [0, 0.05) is 11.1 Å². The molecule has 0 saturated carbocycles. The first-order chi connectivity index (χ1) is 11.9. The molecular formula is C21H22N2O2. The van der Waals surface area contributed by atoms with E-state index in [1.165, 1.54) is 5.56 Å². The average Bonchev–Trinajstić information content (AvgIpc) is 2.58. The van der Waals surface area contributed by atoms with Gasteiger partial charge in [-0.2, -0.15) is 0 Å². The number of carbonyl (C=O) groups excluding carboxylic acids is 1. The van der Waals surface area contributed by atoms with E-state index in [0.717, 1.165) is 22.2 Å². The summed E-state index contributed by atoms with van der Waals surface area (Å²) in [6, 6.07) is 15.5. The summed E-state index contributed by atoms with van der Waals surface area (Å²) in [5.41, 5.74) is 4.73. The monoisotopic (exact) mass is 334 g/mol. The summed E-state index contributed by atoms with van der Waals surface area (Å²) in [6.07, 6.45) is -0.609. The molecule has 1 amide bonds. The third-order valence-corrected chi connectivity index (χ3v) is 4.28. The molecule has 3 rings (SSSR count). The maximum atomic E-state index is 12.5. The third kappa shape index (κ3) is 3.79. The van der Waals surface area contributed by atoms with Crippen molar-refractivity contribution in [2.24, 2.45) is 0 Å². The average molecular weight is 334 g/mol. The smallest absolute Gasteiger partial charge is 0.265 e. The quantitative estimate of drug-likeness (QED) is 0.760. The zero-order chi connectivity index (χ0) is 18.0. The minimum Gasteiger partial charge on any atom is -0.481 e. The minimum absolute atomic E-state index is 0.200. The van der Waals surface area contributed by atoms with E-state index >= 15 is 0 Å². The molecule has 0 spiro atoms. The van der Waals surface area contributed by atoms with Crippen molar-refractivity contribution in [3.8, 4) is 5.75 Å². The van der Waals surface area contributed by atoms with Gasteiger partial charge in [-0.05, 0) is 63.1 Å². The van der Waals surface area contributed by atoms with Crippen LogP contribution in [0, 0.1) is 20.8 Å². The summed E-state index contributed by atoms with van der Waals surface area (Å²) in [5.74, 6) is 0.492. The molecule has 0 aliphatic rings. The molecule has 4 heteroatoms. The lowest BCUT2D eigenvalue weighted by Crippen LogP contribution is -2.30. The number of ether oxygens (including phenoxy) is 1. The Morgan fingerprint density at radius 3 is 2.60 bits per heavy atom. The lowest BCUT2D eigenvalue weighted by Gasteiger charge is -2.16. The van der Waals surface area contributed by atoms with Crippen molar-refractivity contribution in [3.05, 3.63) is 65.4 Å². The van der Waals surface area contributed by atoms with Gasteiger partial charge < -0.3 is 10.1 Å². The van der Waals surface area contributed by atoms with E-state index in [-0.39, 0.29) is 5.91 Å². The van der Waals surface area contributed by atoms with Crippen molar-refractivity contribution in [1.29, 1.82) is 0 Å². The number of carbonyl (C=O) groups is 1. The normalized spacial score (nSPS) is 12.0. The first-order valence-electron chi connectivity index (χ1n) is 8.35. The highest BCUT2D eigenvalue weighted by atomic mass is 16.5. The number of hydrogen-bond acceptors (Lipinski definition) is 3. The van der Waals surface area contributed by atoms with E-state index in [9.17, 15) is 4.79 Å². The van der Waals surface area contributed by atoms with E-state index in [1.54, 1.807) is 6.92 Å². The van der Waals surface area contributed by atoms with E-state index in [0.29, 0.717) is 11.4 Å². The van der Waals surface area contributed by atoms with Crippen molar-refractivity contribution in [1.82, 2.24) is 4.98 Å². The summed E-state index contributed by atoms with van der Waals surface area (Å²) >= 11 is 0. The van der Waals surface area contributed by atoms with Crippen molar-refractivity contribution < 1.29 is 9.53 Å². The molecule has 1 atom stereocenters. The van der Waals surface area contributed by atoms with Crippen LogP contribution in [0.4, 0.5) is 5.69 Å². The Kier molecular flexibility index (Phi) is 4.70. The molecule has 0 fully saturated rings. The summed E-state index contributed by atoms with van der Waals surface area (Å²) in [7, 11) is 0. The number of pyridine rings is 1. The Bertz CT molecular complexity index is 934. The molecule has 0 aliphatic heterocycles. The largest absolute Gasteiger partial charge is 0.481 e. The second-order valence-electron chi connectivity index (χ2n) is 6.33. The molecule has 1 aromatic heterocycles. The zero-order valence-electron chi connectivity index (χ0n) is 15.0. The third-order valence-electron chi connectivity index (χ3n) is 4.28. The number of fused-ring (bicyclic) bond motifs is 1. The lowest BCUT2D eigenvalue weighted by molar-refractivity contribution is -0.122. The van der Waals surface area contributed by atoms with Gasteiger partial charge in [-0.15, -0.1) is 0 Å². The van der Waals surface area contributed by atoms with Crippen molar-refractivity contribution in [3.63, 3.8) is 0 Å². The zero-order valence-corrected chi connectivity index (χ0v) is 15.0. The highest BCUT2D eigenvalue weighted by Gasteiger charge is 2.16. The van der Waals surface area contributed by atoms with Crippen LogP contribution in [-0.2, 0) is 4.79 Å². The number of para-hydroxylation sites is 1. The van der Waals surface area contributed by atoms with Crippen LogP contribution in [0.2, 0.25) is 0 Å². The topological polar surface area (TPSA) is 51.2 Å². The molecule has 3 aromatic rings. The Morgan fingerprint density at radius 1 is 1.04 bits per heavy atom. The molecule has 0 radical (unpaired) electrons. The summed E-state index contributed by atoms with van der Waals surface area (Å²) < 4.78 is 5.79. The Morgan fingerprint density at radius 2 is 1.84 bits per heavy atom. The number of nitrogens with one attached hydrogen (secondary N) is 1. The molecule has 1 N–H and O–H groups in total. The van der Waals surface area contributed by atoms with Crippen molar-refractivity contribution >= 4 is 22.5 Å². The van der Waals surface area contributed by atoms with Gasteiger partial charge in [-0.3, -0.25) is 9.78 Å². The number of amides is 1. The molecular weight excluding hydrogens is 312 g/mol. The maximum Gasteiger partial charge on any atom is 0.265 e. The summed E-state index contributed by atoms with van der Waals surface area (Å²) in [6.45, 7) is 7.75. The van der Waals surface area contributed by atoms with Gasteiger partial charge in [0.15, 0.2) is 6.10 Å². The van der Waals surface area contributed by atoms with E-state index in [1.807, 2.05) is 69.3 Å². The molecule has 2 aromatic carbocycles. The number of benzene rings is 2. The Balaban J connectivity index is 1.77. The van der Waals surface area contributed by atoms with E-state index in [4.69, 9.17) is 4.74 Å². The van der Waals surface area contributed by atoms with Crippen LogP contribution >= 0.6 is 0 Å². The second-order valence-corrected chi connectivity index (χ2v) is 6.33. The molecule has 0 unspecified atom stereocenters. The van der Waals surface area contributed by atoms with Gasteiger partial charge >= 0.3 is 0 Å². The highest BCUT2D eigenvalue weighted by Crippen LogP contribution is 2.23. The van der Waals surface area contributed by atoms with Crippen LogP contribution in [0.15, 0.2) is 48.5 Å². The van der Waals surface area contributed by atoms with E-state index in [2.05, 4.69) is 10.3 Å². The predicted molar refractivity (Wildman–Crippen MR) is 101 cm³/mol. The number of aromatic nitrogens is 1. The van der Waals surface area contributed by atoms with Crippen LogP contribution in [0.5, 0.6) is 5.75 Å². The fourth-order valence-corrected chi connectivity index (χ4v) is 2.62. The molecule has 0 bridgehead atoms. The number of aryl methyl sites for hydroxylation is 3. The summed E-state index contributed by atoms with van der Waals surface area (Å²) in [4.78, 5) is 17.1.